The molecule has 0 aromatic carbocycles. The van der Waals surface area contributed by atoms with Crippen LogP contribution in [-0.2, 0) is 4.79 Å². The summed E-state index contributed by atoms with van der Waals surface area (Å²) in [5, 5.41) is 13.9. The minimum absolute atomic E-state index is 0.104. The second-order valence-electron chi connectivity index (χ2n) is 3.63. The lowest BCUT2D eigenvalue weighted by Gasteiger charge is -2.13. The molecule has 2 amide bonds. The molecule has 1 aliphatic rings. The summed E-state index contributed by atoms with van der Waals surface area (Å²) in [7, 11) is 0. The topological polar surface area (TPSA) is 78.4 Å². The van der Waals surface area contributed by atoms with Crippen molar-refractivity contribution in [3.8, 4) is 0 Å². The Labute approximate surface area is 88.5 Å². The Hall–Kier alpha value is -1.52. The lowest BCUT2D eigenvalue weighted by Crippen LogP contribution is -2.47. The van der Waals surface area contributed by atoms with E-state index in [9.17, 15) is 9.59 Å². The van der Waals surface area contributed by atoms with E-state index in [1.54, 1.807) is 6.08 Å². The molecule has 5 nitrogen and oxygen atoms in total. The third-order valence-corrected chi connectivity index (χ3v) is 2.28. The molecular formula is C10H16N2O3. The Morgan fingerprint density at radius 1 is 1.53 bits per heavy atom. The molecule has 1 atom stereocenters. The molecule has 1 rings (SSSR count). The SMILES string of the molecule is C=CCCNC(=O)NC(C(=O)O)C1CC1. The number of nitrogens with one attached hydrogen (secondary N) is 2. The normalized spacial score (nSPS) is 16.5. The third-order valence-electron chi connectivity index (χ3n) is 2.28. The van der Waals surface area contributed by atoms with Crippen LogP contribution in [0.25, 0.3) is 0 Å². The van der Waals surface area contributed by atoms with Gasteiger partial charge in [0, 0.05) is 6.54 Å². The Morgan fingerprint density at radius 3 is 2.67 bits per heavy atom. The summed E-state index contributed by atoms with van der Waals surface area (Å²) in [6, 6.07) is -1.16. The Bertz CT molecular complexity index is 261. The molecule has 5 heteroatoms. The number of carboxylic acids is 1. The van der Waals surface area contributed by atoms with Gasteiger partial charge in [-0.15, -0.1) is 6.58 Å². The van der Waals surface area contributed by atoms with Gasteiger partial charge in [0.25, 0.3) is 0 Å². The van der Waals surface area contributed by atoms with Gasteiger partial charge in [0.2, 0.25) is 0 Å². The van der Waals surface area contributed by atoms with Gasteiger partial charge in [-0.05, 0) is 25.2 Å². The van der Waals surface area contributed by atoms with Crippen LogP contribution in [0.2, 0.25) is 0 Å². The number of carbonyl (C=O) groups is 2. The van der Waals surface area contributed by atoms with Crippen molar-refractivity contribution in [1.29, 1.82) is 0 Å². The average Bonchev–Trinajstić information content (AvgIpc) is 2.97. The monoisotopic (exact) mass is 212 g/mol. The van der Waals surface area contributed by atoms with Crippen LogP contribution >= 0.6 is 0 Å². The Kier molecular flexibility index (Phi) is 4.15. The molecule has 0 radical (unpaired) electrons. The van der Waals surface area contributed by atoms with Gasteiger partial charge in [-0.2, -0.15) is 0 Å². The van der Waals surface area contributed by atoms with Crippen LogP contribution in [-0.4, -0.2) is 29.7 Å². The smallest absolute Gasteiger partial charge is 0.326 e. The second-order valence-corrected chi connectivity index (χ2v) is 3.63. The van der Waals surface area contributed by atoms with Crippen LogP contribution < -0.4 is 10.6 Å². The fraction of sp³-hybridized carbons (Fsp3) is 0.600. The van der Waals surface area contributed by atoms with Crippen LogP contribution in [0.1, 0.15) is 19.3 Å². The molecule has 1 unspecified atom stereocenters. The minimum atomic E-state index is -0.962. The predicted octanol–water partition coefficient (Wildman–Crippen LogP) is 0.725. The van der Waals surface area contributed by atoms with E-state index in [1.807, 2.05) is 0 Å². The third kappa shape index (κ3) is 4.01. The predicted molar refractivity (Wildman–Crippen MR) is 55.5 cm³/mol. The van der Waals surface area contributed by atoms with E-state index < -0.39 is 18.0 Å². The summed E-state index contributed by atoms with van der Waals surface area (Å²) >= 11 is 0. The molecule has 15 heavy (non-hydrogen) atoms. The zero-order valence-electron chi connectivity index (χ0n) is 8.53. The quantitative estimate of drug-likeness (QED) is 0.448. The number of carboxylic acid groups (broad SMARTS) is 1. The first-order valence-corrected chi connectivity index (χ1v) is 5.03. The number of rotatable bonds is 6. The van der Waals surface area contributed by atoms with Crippen LogP contribution in [0.5, 0.6) is 0 Å². The van der Waals surface area contributed by atoms with E-state index in [0.29, 0.717) is 13.0 Å². The summed E-state index contributed by atoms with van der Waals surface area (Å²) in [5.74, 6) is -0.857. The van der Waals surface area contributed by atoms with Crippen LogP contribution in [0.3, 0.4) is 0 Å². The van der Waals surface area contributed by atoms with Gasteiger partial charge in [0.1, 0.15) is 6.04 Å². The van der Waals surface area contributed by atoms with E-state index in [1.165, 1.54) is 0 Å². The molecule has 1 aliphatic carbocycles. The van der Waals surface area contributed by atoms with Gasteiger partial charge in [-0.1, -0.05) is 6.08 Å². The summed E-state index contributed by atoms with van der Waals surface area (Å²) < 4.78 is 0. The Morgan fingerprint density at radius 2 is 2.20 bits per heavy atom. The highest BCUT2D eigenvalue weighted by atomic mass is 16.4. The first-order chi connectivity index (χ1) is 7.15. The van der Waals surface area contributed by atoms with Gasteiger partial charge in [-0.25, -0.2) is 9.59 Å². The maximum atomic E-state index is 11.2. The first-order valence-electron chi connectivity index (χ1n) is 5.03. The summed E-state index contributed by atoms with van der Waals surface area (Å²) in [6.45, 7) is 4.00. The van der Waals surface area contributed by atoms with Gasteiger partial charge < -0.3 is 15.7 Å². The van der Waals surface area contributed by atoms with Crippen molar-refractivity contribution < 1.29 is 14.7 Å². The molecule has 84 valence electrons. The number of hydrogen-bond donors (Lipinski definition) is 3. The molecule has 1 fully saturated rings. The molecule has 3 N–H and O–H groups in total. The van der Waals surface area contributed by atoms with Crippen LogP contribution in [0.4, 0.5) is 4.79 Å². The molecule has 0 heterocycles. The molecule has 0 bridgehead atoms. The van der Waals surface area contributed by atoms with E-state index in [-0.39, 0.29) is 5.92 Å². The largest absolute Gasteiger partial charge is 0.480 e. The maximum Gasteiger partial charge on any atom is 0.326 e. The first kappa shape index (κ1) is 11.6. The molecule has 0 saturated heterocycles. The average molecular weight is 212 g/mol. The standard InChI is InChI=1S/C10H16N2O3/c1-2-3-6-11-10(15)12-8(9(13)14)7-4-5-7/h2,7-8H,1,3-6H2,(H,13,14)(H2,11,12,15). The van der Waals surface area contributed by atoms with E-state index in [0.717, 1.165) is 12.8 Å². The molecule has 0 spiro atoms. The van der Waals surface area contributed by atoms with Crippen molar-refractivity contribution in [2.45, 2.75) is 25.3 Å². The highest BCUT2D eigenvalue weighted by Gasteiger charge is 2.37. The second kappa shape index (κ2) is 5.38. The highest BCUT2D eigenvalue weighted by Crippen LogP contribution is 2.32. The zero-order valence-corrected chi connectivity index (χ0v) is 8.53. The van der Waals surface area contributed by atoms with Crippen molar-refractivity contribution in [3.63, 3.8) is 0 Å². The number of amides is 2. The van der Waals surface area contributed by atoms with Crippen LogP contribution in [0.15, 0.2) is 12.7 Å². The fourth-order valence-corrected chi connectivity index (χ4v) is 1.29. The summed E-state index contributed by atoms with van der Waals surface area (Å²) in [4.78, 5) is 22.0. The molecule has 0 aliphatic heterocycles. The van der Waals surface area contributed by atoms with Gasteiger partial charge >= 0.3 is 12.0 Å². The maximum absolute atomic E-state index is 11.2. The fourth-order valence-electron chi connectivity index (χ4n) is 1.29. The number of carbonyl (C=O) groups excluding carboxylic acids is 1. The van der Waals surface area contributed by atoms with Gasteiger partial charge in [0.15, 0.2) is 0 Å². The van der Waals surface area contributed by atoms with Crippen molar-refractivity contribution in [2.24, 2.45) is 5.92 Å². The van der Waals surface area contributed by atoms with E-state index >= 15 is 0 Å². The van der Waals surface area contributed by atoms with E-state index in [4.69, 9.17) is 5.11 Å². The number of urea groups is 1. The zero-order chi connectivity index (χ0) is 11.3. The minimum Gasteiger partial charge on any atom is -0.480 e. The summed E-state index contributed by atoms with van der Waals surface area (Å²) in [6.07, 6.45) is 4.12. The summed E-state index contributed by atoms with van der Waals surface area (Å²) in [5.41, 5.74) is 0. The molecule has 0 aromatic heterocycles. The van der Waals surface area contributed by atoms with Crippen molar-refractivity contribution in [2.75, 3.05) is 6.54 Å². The lowest BCUT2D eigenvalue weighted by atomic mass is 10.2. The molecule has 0 aromatic rings. The van der Waals surface area contributed by atoms with Crippen LogP contribution in [0, 0.1) is 5.92 Å². The van der Waals surface area contributed by atoms with Crippen molar-refractivity contribution in [1.82, 2.24) is 10.6 Å². The van der Waals surface area contributed by atoms with E-state index in [2.05, 4.69) is 17.2 Å². The van der Waals surface area contributed by atoms with Crippen molar-refractivity contribution in [3.05, 3.63) is 12.7 Å². The van der Waals surface area contributed by atoms with Gasteiger partial charge in [-0.3, -0.25) is 0 Å². The lowest BCUT2D eigenvalue weighted by molar-refractivity contribution is -0.139. The van der Waals surface area contributed by atoms with Gasteiger partial charge in [0.05, 0.1) is 0 Å². The highest BCUT2D eigenvalue weighted by molar-refractivity contribution is 5.83. The molecule has 1 saturated carbocycles. The van der Waals surface area contributed by atoms with Crippen molar-refractivity contribution >= 4 is 12.0 Å². The number of hydrogen-bond acceptors (Lipinski definition) is 2. The number of aliphatic carboxylic acids is 1. The molecular weight excluding hydrogens is 196 g/mol. The Balaban J connectivity index is 2.27.